The molecule has 1 amide bonds. The molecular formula is C24H23N3OS. The zero-order chi connectivity index (χ0) is 20.2. The highest BCUT2D eigenvalue weighted by Gasteiger charge is 2.08. The fraction of sp³-hybridized carbons (Fsp3) is 0.167. The van der Waals surface area contributed by atoms with Gasteiger partial charge in [0.15, 0.2) is 0 Å². The minimum Gasteiger partial charge on any atom is -0.338 e. The van der Waals surface area contributed by atoms with Gasteiger partial charge in [0.25, 0.3) is 0 Å². The fourth-order valence-corrected chi connectivity index (χ4v) is 4.02. The molecule has 3 aromatic carbocycles. The molecule has 0 spiro atoms. The maximum Gasteiger partial charge on any atom is 0.228 e. The van der Waals surface area contributed by atoms with Gasteiger partial charge in [-0.05, 0) is 42.0 Å². The number of hydrogen-bond donors (Lipinski definition) is 2. The maximum atomic E-state index is 12.5. The quantitative estimate of drug-likeness (QED) is 0.395. The van der Waals surface area contributed by atoms with Crippen molar-refractivity contribution in [2.45, 2.75) is 30.4 Å². The van der Waals surface area contributed by atoms with Crippen LogP contribution in [0.4, 0.5) is 5.69 Å². The fourth-order valence-electron chi connectivity index (χ4n) is 3.18. The molecule has 0 atom stereocenters. The van der Waals surface area contributed by atoms with E-state index in [1.807, 2.05) is 72.4 Å². The zero-order valence-electron chi connectivity index (χ0n) is 16.5. The maximum absolute atomic E-state index is 12.5. The minimum atomic E-state index is -0.0315. The second-order valence-electron chi connectivity index (χ2n) is 7.22. The Morgan fingerprint density at radius 3 is 2.59 bits per heavy atom. The topological polar surface area (TPSA) is 57.8 Å². The van der Waals surface area contributed by atoms with Gasteiger partial charge in [0.1, 0.15) is 5.82 Å². The van der Waals surface area contributed by atoms with E-state index in [1.165, 1.54) is 4.90 Å². The Hall–Kier alpha value is -3.05. The average Bonchev–Trinajstić information content (AvgIpc) is 3.14. The van der Waals surface area contributed by atoms with Crippen LogP contribution in [0.5, 0.6) is 0 Å². The van der Waals surface area contributed by atoms with Crippen molar-refractivity contribution in [2.24, 2.45) is 0 Å². The second kappa shape index (κ2) is 8.53. The molecule has 0 radical (unpaired) electrons. The summed E-state index contributed by atoms with van der Waals surface area (Å²) < 4.78 is 0. The van der Waals surface area contributed by atoms with Crippen LogP contribution in [0.15, 0.2) is 77.7 Å². The number of anilines is 1. The lowest BCUT2D eigenvalue weighted by Crippen LogP contribution is -2.14. The van der Waals surface area contributed by atoms with E-state index in [9.17, 15) is 4.79 Å². The zero-order valence-corrected chi connectivity index (χ0v) is 17.3. The predicted molar refractivity (Wildman–Crippen MR) is 121 cm³/mol. The predicted octanol–water partition coefficient (Wildman–Crippen LogP) is 5.91. The van der Waals surface area contributed by atoms with E-state index < -0.39 is 0 Å². The Morgan fingerprint density at radius 2 is 1.83 bits per heavy atom. The number of hydrogen-bond acceptors (Lipinski definition) is 3. The van der Waals surface area contributed by atoms with Crippen molar-refractivity contribution in [1.29, 1.82) is 0 Å². The van der Waals surface area contributed by atoms with E-state index >= 15 is 0 Å². The SMILES string of the molecule is CC(C)Sc1ccc(CC(=O)Nc2cccc(-c3nc4ccccc4[nH]3)c2)cc1. The van der Waals surface area contributed by atoms with Crippen molar-refractivity contribution >= 4 is 34.4 Å². The van der Waals surface area contributed by atoms with Gasteiger partial charge in [-0.25, -0.2) is 4.98 Å². The third kappa shape index (κ3) is 4.87. The number of carbonyl (C=O) groups is 1. The Bertz CT molecular complexity index is 1100. The Labute approximate surface area is 174 Å². The van der Waals surface area contributed by atoms with Crippen molar-refractivity contribution in [1.82, 2.24) is 9.97 Å². The van der Waals surface area contributed by atoms with Gasteiger partial charge in [0.2, 0.25) is 5.91 Å². The lowest BCUT2D eigenvalue weighted by Gasteiger charge is -2.08. The molecule has 0 fully saturated rings. The Morgan fingerprint density at radius 1 is 1.03 bits per heavy atom. The molecule has 0 bridgehead atoms. The van der Waals surface area contributed by atoms with Gasteiger partial charge < -0.3 is 10.3 Å². The third-order valence-corrected chi connectivity index (χ3v) is 5.48. The Balaban J connectivity index is 1.44. The summed E-state index contributed by atoms with van der Waals surface area (Å²) in [5, 5.41) is 3.54. The number of nitrogens with zero attached hydrogens (tertiary/aromatic N) is 1. The van der Waals surface area contributed by atoms with Gasteiger partial charge in [0.05, 0.1) is 17.5 Å². The lowest BCUT2D eigenvalue weighted by atomic mass is 10.1. The highest BCUT2D eigenvalue weighted by Crippen LogP contribution is 2.24. The van der Waals surface area contributed by atoms with Crippen molar-refractivity contribution < 1.29 is 4.79 Å². The number of carbonyl (C=O) groups excluding carboxylic acids is 1. The first-order chi connectivity index (χ1) is 14.1. The number of imidazole rings is 1. The molecule has 5 heteroatoms. The number of thioether (sulfide) groups is 1. The first-order valence-electron chi connectivity index (χ1n) is 9.67. The van der Waals surface area contributed by atoms with Crippen LogP contribution in [0.2, 0.25) is 0 Å². The molecule has 0 saturated carbocycles. The van der Waals surface area contributed by atoms with Crippen LogP contribution < -0.4 is 5.32 Å². The van der Waals surface area contributed by atoms with Gasteiger partial charge in [-0.1, -0.05) is 50.2 Å². The van der Waals surface area contributed by atoms with Crippen molar-refractivity contribution in [2.75, 3.05) is 5.32 Å². The molecule has 4 rings (SSSR count). The highest BCUT2D eigenvalue weighted by molar-refractivity contribution is 7.99. The van der Waals surface area contributed by atoms with Crippen LogP contribution in [0.3, 0.4) is 0 Å². The average molecular weight is 402 g/mol. The van der Waals surface area contributed by atoms with Crippen LogP contribution in [-0.4, -0.2) is 21.1 Å². The number of fused-ring (bicyclic) bond motifs is 1. The first kappa shape index (κ1) is 19.3. The molecule has 1 heterocycles. The summed E-state index contributed by atoms with van der Waals surface area (Å²) in [6, 6.07) is 23.9. The van der Waals surface area contributed by atoms with Gasteiger partial charge in [0, 0.05) is 21.4 Å². The molecule has 0 aliphatic heterocycles. The van der Waals surface area contributed by atoms with E-state index in [0.29, 0.717) is 11.7 Å². The van der Waals surface area contributed by atoms with Crippen LogP contribution in [0, 0.1) is 0 Å². The largest absolute Gasteiger partial charge is 0.338 e. The van der Waals surface area contributed by atoms with Gasteiger partial charge in [-0.15, -0.1) is 11.8 Å². The van der Waals surface area contributed by atoms with Gasteiger partial charge in [-0.3, -0.25) is 4.79 Å². The minimum absolute atomic E-state index is 0.0315. The van der Waals surface area contributed by atoms with E-state index in [1.54, 1.807) is 0 Å². The number of aromatic amines is 1. The first-order valence-corrected chi connectivity index (χ1v) is 10.6. The molecule has 0 unspecified atom stereocenters. The summed E-state index contributed by atoms with van der Waals surface area (Å²) in [6.07, 6.45) is 0.349. The molecule has 2 N–H and O–H groups in total. The summed E-state index contributed by atoms with van der Waals surface area (Å²) >= 11 is 1.82. The number of aromatic nitrogens is 2. The molecule has 29 heavy (non-hydrogen) atoms. The smallest absolute Gasteiger partial charge is 0.228 e. The molecule has 4 aromatic rings. The normalized spacial score (nSPS) is 11.1. The van der Waals surface area contributed by atoms with Crippen molar-refractivity contribution in [3.05, 3.63) is 78.4 Å². The molecule has 4 nitrogen and oxygen atoms in total. The van der Waals surface area contributed by atoms with Crippen LogP contribution in [0.1, 0.15) is 19.4 Å². The van der Waals surface area contributed by atoms with E-state index in [4.69, 9.17) is 0 Å². The molecule has 1 aromatic heterocycles. The summed E-state index contributed by atoms with van der Waals surface area (Å²) in [6.45, 7) is 4.34. The molecular weight excluding hydrogens is 378 g/mol. The van der Waals surface area contributed by atoms with Crippen molar-refractivity contribution in [3.8, 4) is 11.4 Å². The summed E-state index contributed by atoms with van der Waals surface area (Å²) in [5.74, 6) is 0.761. The number of nitrogens with one attached hydrogen (secondary N) is 2. The number of H-pyrrole nitrogens is 1. The van der Waals surface area contributed by atoms with E-state index in [2.05, 4.69) is 41.3 Å². The molecule has 0 saturated heterocycles. The number of rotatable bonds is 6. The number of amides is 1. The summed E-state index contributed by atoms with van der Waals surface area (Å²) in [5.41, 5.74) is 4.63. The standard InChI is InChI=1S/C24H23N3OS/c1-16(2)29-20-12-10-17(11-13-20)14-23(28)25-19-7-5-6-18(15-19)24-26-21-8-3-4-9-22(21)27-24/h3-13,15-16H,14H2,1-2H3,(H,25,28)(H,26,27). The lowest BCUT2D eigenvalue weighted by molar-refractivity contribution is -0.115. The number of benzene rings is 3. The van der Waals surface area contributed by atoms with Crippen molar-refractivity contribution in [3.63, 3.8) is 0 Å². The third-order valence-electron chi connectivity index (χ3n) is 4.47. The van der Waals surface area contributed by atoms with Crippen LogP contribution in [0.25, 0.3) is 22.4 Å². The highest BCUT2D eigenvalue weighted by atomic mass is 32.2. The molecule has 0 aliphatic rings. The molecule has 146 valence electrons. The summed E-state index contributed by atoms with van der Waals surface area (Å²) in [7, 11) is 0. The van der Waals surface area contributed by atoms with Gasteiger partial charge >= 0.3 is 0 Å². The molecule has 0 aliphatic carbocycles. The van der Waals surface area contributed by atoms with Crippen LogP contribution >= 0.6 is 11.8 Å². The number of para-hydroxylation sites is 2. The Kier molecular flexibility index (Phi) is 5.67. The second-order valence-corrected chi connectivity index (χ2v) is 8.87. The van der Waals surface area contributed by atoms with E-state index in [-0.39, 0.29) is 5.91 Å². The monoisotopic (exact) mass is 401 g/mol. The van der Waals surface area contributed by atoms with Gasteiger partial charge in [-0.2, -0.15) is 0 Å². The van der Waals surface area contributed by atoms with Crippen LogP contribution in [-0.2, 0) is 11.2 Å². The van der Waals surface area contributed by atoms with E-state index in [0.717, 1.165) is 33.7 Å². The summed E-state index contributed by atoms with van der Waals surface area (Å²) in [4.78, 5) is 21.7.